The first kappa shape index (κ1) is 45.1. The van der Waals surface area contributed by atoms with Crippen LogP contribution < -0.4 is 14.2 Å². The molecule has 4 aromatic rings. The lowest BCUT2D eigenvalue weighted by atomic mass is 9.80. The number of hydrogen-bond acceptors (Lipinski definition) is 8. The van der Waals surface area contributed by atoms with Crippen molar-refractivity contribution in [2.45, 2.75) is 136 Å². The van der Waals surface area contributed by atoms with Crippen LogP contribution in [0.15, 0.2) is 95.2 Å². The summed E-state index contributed by atoms with van der Waals surface area (Å²) < 4.78 is 25.0. The molecule has 10 heteroatoms. The van der Waals surface area contributed by atoms with E-state index in [0.717, 1.165) is 68.4 Å². The van der Waals surface area contributed by atoms with Gasteiger partial charge in [-0.3, -0.25) is 4.79 Å². The molecule has 0 heterocycles. The maximum atomic E-state index is 13.7. The standard InChI is InChI=1S/C50H60Cl2N2O6/c1-3-5-7-9-35-11-19-39(20-12-35)50(56)60-46-32-31-45(47(57-33-37-13-23-41(51)24-14-37)48(46)58-34-38-15-25-42(52)26-16-38)54-53-43-27-21-40(22-28-43)49(55)59-44-29-17-36(18-30-44)10-8-6-4-2/h13-16,21-28,31-32,35-36,39,44H,3-12,17-20,29-30,33-34H2,1-2H3. The molecule has 0 radical (unpaired) electrons. The lowest BCUT2D eigenvalue weighted by molar-refractivity contribution is -0.140. The van der Waals surface area contributed by atoms with Crippen molar-refractivity contribution in [3.05, 3.63) is 112 Å². The highest BCUT2D eigenvalue weighted by Crippen LogP contribution is 2.47. The van der Waals surface area contributed by atoms with Gasteiger partial charge in [-0.25, -0.2) is 4.79 Å². The number of carbonyl (C=O) groups is 2. The van der Waals surface area contributed by atoms with Crippen LogP contribution in [0.5, 0.6) is 17.2 Å². The Morgan fingerprint density at radius 3 is 1.68 bits per heavy atom. The van der Waals surface area contributed by atoms with Crippen molar-refractivity contribution in [2.75, 3.05) is 0 Å². The zero-order valence-electron chi connectivity index (χ0n) is 35.2. The summed E-state index contributed by atoms with van der Waals surface area (Å²) in [7, 11) is 0. The monoisotopic (exact) mass is 854 g/mol. The van der Waals surface area contributed by atoms with Gasteiger partial charge in [-0.05, 0) is 135 Å². The number of halogens is 2. The normalized spacial score (nSPS) is 19.2. The van der Waals surface area contributed by atoms with Crippen molar-refractivity contribution in [3.63, 3.8) is 0 Å². The molecule has 4 aromatic carbocycles. The minimum absolute atomic E-state index is 0.0423. The Bertz CT molecular complexity index is 1970. The van der Waals surface area contributed by atoms with Gasteiger partial charge in [-0.1, -0.05) is 113 Å². The van der Waals surface area contributed by atoms with Crippen molar-refractivity contribution in [1.29, 1.82) is 0 Å². The zero-order valence-corrected chi connectivity index (χ0v) is 36.7. The van der Waals surface area contributed by atoms with Gasteiger partial charge in [-0.2, -0.15) is 5.11 Å². The number of carbonyl (C=O) groups excluding carboxylic acids is 2. The molecule has 2 fully saturated rings. The van der Waals surface area contributed by atoms with E-state index in [1.54, 1.807) is 60.7 Å². The van der Waals surface area contributed by atoms with E-state index in [0.29, 0.717) is 32.9 Å². The highest BCUT2D eigenvalue weighted by atomic mass is 35.5. The lowest BCUT2D eigenvalue weighted by Crippen LogP contribution is -2.26. The van der Waals surface area contributed by atoms with Gasteiger partial charge in [0.2, 0.25) is 5.75 Å². The van der Waals surface area contributed by atoms with Gasteiger partial charge in [0.1, 0.15) is 25.0 Å². The zero-order chi connectivity index (χ0) is 42.1. The van der Waals surface area contributed by atoms with Gasteiger partial charge in [-0.15, -0.1) is 5.11 Å². The third-order valence-electron chi connectivity index (χ3n) is 11.9. The molecule has 60 heavy (non-hydrogen) atoms. The fourth-order valence-corrected chi connectivity index (χ4v) is 8.47. The molecule has 0 amide bonds. The van der Waals surface area contributed by atoms with E-state index in [1.807, 2.05) is 24.3 Å². The molecular formula is C50H60Cl2N2O6. The van der Waals surface area contributed by atoms with Crippen molar-refractivity contribution >= 4 is 46.5 Å². The fourth-order valence-electron chi connectivity index (χ4n) is 8.22. The molecule has 0 aromatic heterocycles. The van der Waals surface area contributed by atoms with Crippen LogP contribution in [-0.4, -0.2) is 18.0 Å². The second-order valence-electron chi connectivity index (χ2n) is 16.5. The highest BCUT2D eigenvalue weighted by Gasteiger charge is 2.30. The smallest absolute Gasteiger partial charge is 0.338 e. The summed E-state index contributed by atoms with van der Waals surface area (Å²) in [4.78, 5) is 26.8. The Kier molecular flexibility index (Phi) is 17.7. The average Bonchev–Trinajstić information content (AvgIpc) is 3.27. The van der Waals surface area contributed by atoms with E-state index in [-0.39, 0.29) is 54.4 Å². The molecule has 0 N–H and O–H groups in total. The van der Waals surface area contributed by atoms with Crippen molar-refractivity contribution in [2.24, 2.45) is 28.0 Å². The molecule has 0 aliphatic heterocycles. The first-order valence-electron chi connectivity index (χ1n) is 22.1. The second-order valence-corrected chi connectivity index (χ2v) is 17.4. The van der Waals surface area contributed by atoms with Gasteiger partial charge in [0, 0.05) is 10.0 Å². The number of hydrogen-bond donors (Lipinski definition) is 0. The number of ether oxygens (including phenoxy) is 4. The Labute approximate surface area is 366 Å². The lowest BCUT2D eigenvalue weighted by Gasteiger charge is -2.28. The van der Waals surface area contributed by atoms with Crippen LogP contribution in [0.4, 0.5) is 11.4 Å². The summed E-state index contributed by atoms with van der Waals surface area (Å²) in [6, 6.07) is 25.0. The molecule has 2 aliphatic carbocycles. The van der Waals surface area contributed by atoms with Gasteiger partial charge in [0.05, 0.1) is 17.2 Å². The molecule has 0 bridgehead atoms. The number of unbranched alkanes of at least 4 members (excludes halogenated alkanes) is 4. The molecular weight excluding hydrogens is 795 g/mol. The van der Waals surface area contributed by atoms with Crippen LogP contribution in [-0.2, 0) is 22.7 Å². The number of nitrogens with zero attached hydrogens (tertiary/aromatic N) is 2. The summed E-state index contributed by atoms with van der Waals surface area (Å²) in [5.74, 6) is 1.38. The van der Waals surface area contributed by atoms with E-state index in [1.165, 1.54) is 51.4 Å². The number of benzene rings is 4. The number of rotatable bonds is 20. The van der Waals surface area contributed by atoms with E-state index in [9.17, 15) is 9.59 Å². The Morgan fingerprint density at radius 2 is 1.13 bits per heavy atom. The molecule has 0 saturated heterocycles. The Hall–Kier alpha value is -4.40. The quantitative estimate of drug-likeness (QED) is 0.0380. The topological polar surface area (TPSA) is 95.8 Å². The van der Waals surface area contributed by atoms with Gasteiger partial charge < -0.3 is 18.9 Å². The number of esters is 2. The van der Waals surface area contributed by atoms with Crippen LogP contribution in [0.2, 0.25) is 10.0 Å². The summed E-state index contributed by atoms with van der Waals surface area (Å²) in [6.07, 6.45) is 17.7. The summed E-state index contributed by atoms with van der Waals surface area (Å²) >= 11 is 12.4. The van der Waals surface area contributed by atoms with Crippen LogP contribution >= 0.6 is 23.2 Å². The molecule has 320 valence electrons. The van der Waals surface area contributed by atoms with Crippen molar-refractivity contribution in [3.8, 4) is 17.2 Å². The SMILES string of the molecule is CCCCCC1CCC(OC(=O)c2ccc(N=Nc3ccc(OC(=O)C4CCC(CCCCC)CC4)c(OCc4ccc(Cl)cc4)c3OCc3ccc(Cl)cc3)cc2)CC1. The summed E-state index contributed by atoms with van der Waals surface area (Å²) in [6.45, 7) is 4.77. The molecule has 8 nitrogen and oxygen atoms in total. The van der Waals surface area contributed by atoms with Gasteiger partial charge in [0.25, 0.3) is 0 Å². The fraction of sp³-hybridized carbons (Fsp3) is 0.480. The molecule has 0 atom stereocenters. The summed E-state index contributed by atoms with van der Waals surface area (Å²) in [5, 5.41) is 10.4. The highest BCUT2D eigenvalue weighted by molar-refractivity contribution is 6.30. The van der Waals surface area contributed by atoms with Crippen LogP contribution in [0.25, 0.3) is 0 Å². The van der Waals surface area contributed by atoms with Crippen molar-refractivity contribution < 1.29 is 28.5 Å². The molecule has 0 unspecified atom stereocenters. The Balaban J connectivity index is 1.20. The third kappa shape index (κ3) is 13.8. The van der Waals surface area contributed by atoms with Gasteiger partial charge in [0.15, 0.2) is 11.5 Å². The van der Waals surface area contributed by atoms with E-state index in [4.69, 9.17) is 42.1 Å². The third-order valence-corrected chi connectivity index (χ3v) is 12.4. The average molecular weight is 856 g/mol. The first-order chi connectivity index (χ1) is 29.3. The molecule has 2 aliphatic rings. The predicted octanol–water partition coefficient (Wildman–Crippen LogP) is 15.2. The minimum atomic E-state index is -0.321. The Morgan fingerprint density at radius 1 is 0.600 bits per heavy atom. The van der Waals surface area contributed by atoms with E-state index in [2.05, 4.69) is 24.1 Å². The molecule has 2 saturated carbocycles. The van der Waals surface area contributed by atoms with Crippen LogP contribution in [0.3, 0.4) is 0 Å². The minimum Gasteiger partial charge on any atom is -0.483 e. The van der Waals surface area contributed by atoms with Crippen molar-refractivity contribution in [1.82, 2.24) is 0 Å². The van der Waals surface area contributed by atoms with Crippen LogP contribution in [0, 0.1) is 17.8 Å². The predicted molar refractivity (Wildman–Crippen MR) is 239 cm³/mol. The van der Waals surface area contributed by atoms with E-state index < -0.39 is 0 Å². The maximum Gasteiger partial charge on any atom is 0.338 e. The van der Waals surface area contributed by atoms with Crippen LogP contribution in [0.1, 0.15) is 138 Å². The second kappa shape index (κ2) is 23.6. The molecule has 0 spiro atoms. The van der Waals surface area contributed by atoms with Gasteiger partial charge >= 0.3 is 11.9 Å². The van der Waals surface area contributed by atoms with E-state index >= 15 is 0 Å². The first-order valence-corrected chi connectivity index (χ1v) is 22.9. The number of azo groups is 1. The summed E-state index contributed by atoms with van der Waals surface area (Å²) in [5.41, 5.74) is 3.11. The largest absolute Gasteiger partial charge is 0.483 e. The maximum absolute atomic E-state index is 13.7. The molecule has 6 rings (SSSR count).